The quantitative estimate of drug-likeness (QED) is 0.344. The van der Waals surface area contributed by atoms with Gasteiger partial charge in [-0.25, -0.2) is 4.79 Å². The normalized spacial score (nSPS) is 15.4. The fourth-order valence-corrected chi connectivity index (χ4v) is 3.84. The molecular formula is C24H25N3O5S. The van der Waals surface area contributed by atoms with Crippen molar-refractivity contribution in [3.8, 4) is 5.75 Å². The maximum absolute atomic E-state index is 13.2. The van der Waals surface area contributed by atoms with Gasteiger partial charge in [-0.3, -0.25) is 14.5 Å². The first-order valence-corrected chi connectivity index (χ1v) is 10.8. The molecule has 0 aromatic heterocycles. The predicted molar refractivity (Wildman–Crippen MR) is 129 cm³/mol. The van der Waals surface area contributed by atoms with Crippen molar-refractivity contribution in [1.82, 2.24) is 4.90 Å². The first kappa shape index (κ1) is 23.9. The van der Waals surface area contributed by atoms with Crippen LogP contribution in [0.2, 0.25) is 0 Å². The number of methoxy groups -OCH3 is 1. The summed E-state index contributed by atoms with van der Waals surface area (Å²) in [4.78, 5) is 40.8. The van der Waals surface area contributed by atoms with Crippen molar-refractivity contribution in [2.45, 2.75) is 19.4 Å². The van der Waals surface area contributed by atoms with E-state index in [1.807, 2.05) is 0 Å². The van der Waals surface area contributed by atoms with Crippen LogP contribution < -0.4 is 15.0 Å². The maximum atomic E-state index is 13.2. The highest BCUT2D eigenvalue weighted by Gasteiger charge is 2.43. The molecule has 33 heavy (non-hydrogen) atoms. The van der Waals surface area contributed by atoms with Crippen molar-refractivity contribution in [2.75, 3.05) is 30.5 Å². The van der Waals surface area contributed by atoms with Gasteiger partial charge in [-0.2, -0.15) is 0 Å². The molecule has 9 heteroatoms. The third-order valence-electron chi connectivity index (χ3n) is 5.03. The first-order valence-electron chi connectivity index (χ1n) is 10.4. The van der Waals surface area contributed by atoms with Crippen LogP contribution in [-0.2, 0) is 14.3 Å². The second kappa shape index (κ2) is 10.7. The van der Waals surface area contributed by atoms with Crippen LogP contribution >= 0.6 is 12.2 Å². The summed E-state index contributed by atoms with van der Waals surface area (Å²) in [5.41, 5.74) is 1.49. The zero-order chi connectivity index (χ0) is 24.0. The van der Waals surface area contributed by atoms with Crippen LogP contribution in [0.5, 0.6) is 5.75 Å². The van der Waals surface area contributed by atoms with E-state index in [0.717, 1.165) is 0 Å². The standard InChI is InChI=1S/C24H25N3O5S/c1-4-14-26-20(22(29)27(24(26)33)18-10-12-19(31-3)13-11-18)15-21(28)25-17-8-6-16(7-9-17)23(30)32-5-2/h4,6-13,20H,1,5,14-15H2,2-3H3,(H,25,28)/t20-/m0/s1. The van der Waals surface area contributed by atoms with Gasteiger partial charge in [0.25, 0.3) is 5.91 Å². The van der Waals surface area contributed by atoms with E-state index in [2.05, 4.69) is 11.9 Å². The minimum atomic E-state index is -0.767. The van der Waals surface area contributed by atoms with Gasteiger partial charge < -0.3 is 19.7 Å². The van der Waals surface area contributed by atoms with Crippen molar-refractivity contribution in [3.63, 3.8) is 0 Å². The number of hydrogen-bond acceptors (Lipinski definition) is 6. The minimum Gasteiger partial charge on any atom is -0.497 e. The van der Waals surface area contributed by atoms with Crippen molar-refractivity contribution in [1.29, 1.82) is 0 Å². The van der Waals surface area contributed by atoms with Crippen LogP contribution in [0.25, 0.3) is 0 Å². The molecule has 1 atom stereocenters. The number of carbonyl (C=O) groups is 3. The Morgan fingerprint density at radius 2 is 1.82 bits per heavy atom. The number of amides is 2. The topological polar surface area (TPSA) is 88.2 Å². The molecule has 0 unspecified atom stereocenters. The van der Waals surface area contributed by atoms with Gasteiger partial charge in [-0.15, -0.1) is 6.58 Å². The van der Waals surface area contributed by atoms with E-state index < -0.39 is 12.0 Å². The highest BCUT2D eigenvalue weighted by atomic mass is 32.1. The smallest absolute Gasteiger partial charge is 0.338 e. The number of hydrogen-bond donors (Lipinski definition) is 1. The van der Waals surface area contributed by atoms with Gasteiger partial charge in [0, 0.05) is 12.2 Å². The van der Waals surface area contributed by atoms with Crippen LogP contribution in [-0.4, -0.2) is 54.1 Å². The first-order chi connectivity index (χ1) is 15.9. The van der Waals surface area contributed by atoms with E-state index in [-0.39, 0.29) is 24.8 Å². The summed E-state index contributed by atoms with van der Waals surface area (Å²) in [6, 6.07) is 12.5. The minimum absolute atomic E-state index is 0.0981. The van der Waals surface area contributed by atoms with Gasteiger partial charge in [-0.1, -0.05) is 6.08 Å². The Morgan fingerprint density at radius 3 is 2.39 bits per heavy atom. The van der Waals surface area contributed by atoms with Gasteiger partial charge >= 0.3 is 5.97 Å². The molecule has 172 valence electrons. The lowest BCUT2D eigenvalue weighted by Crippen LogP contribution is -2.37. The summed E-state index contributed by atoms with van der Waals surface area (Å²) >= 11 is 5.54. The summed E-state index contributed by atoms with van der Waals surface area (Å²) in [6.07, 6.45) is 1.54. The van der Waals surface area contributed by atoms with Crippen molar-refractivity contribution in [3.05, 3.63) is 66.7 Å². The lowest BCUT2D eigenvalue weighted by molar-refractivity contribution is -0.124. The van der Waals surface area contributed by atoms with Crippen LogP contribution in [0.1, 0.15) is 23.7 Å². The summed E-state index contributed by atoms with van der Waals surface area (Å²) in [7, 11) is 1.56. The van der Waals surface area contributed by atoms with Crippen LogP contribution in [0.4, 0.5) is 11.4 Å². The maximum Gasteiger partial charge on any atom is 0.338 e. The molecule has 0 spiro atoms. The van der Waals surface area contributed by atoms with Crippen LogP contribution in [0.3, 0.4) is 0 Å². The summed E-state index contributed by atoms with van der Waals surface area (Å²) in [5.74, 6) is -0.422. The Hall–Kier alpha value is -3.72. The summed E-state index contributed by atoms with van der Waals surface area (Å²) in [6.45, 7) is 6.07. The SMILES string of the molecule is C=CCN1C(=S)N(c2ccc(OC)cc2)C(=O)[C@@H]1CC(=O)Nc1ccc(C(=O)OCC)cc1. The third kappa shape index (κ3) is 5.38. The van der Waals surface area contributed by atoms with Crippen molar-refractivity contribution >= 4 is 46.5 Å². The number of benzene rings is 2. The highest BCUT2D eigenvalue weighted by molar-refractivity contribution is 7.80. The molecule has 1 N–H and O–H groups in total. The fraction of sp³-hybridized carbons (Fsp3) is 0.250. The lowest BCUT2D eigenvalue weighted by Gasteiger charge is -2.22. The number of thiocarbonyl (C=S) groups is 1. The number of carbonyl (C=O) groups excluding carboxylic acids is 3. The molecule has 2 aromatic carbocycles. The molecular weight excluding hydrogens is 442 g/mol. The van der Waals surface area contributed by atoms with Crippen LogP contribution in [0, 0.1) is 0 Å². The fourth-order valence-electron chi connectivity index (χ4n) is 3.44. The largest absolute Gasteiger partial charge is 0.497 e. The van der Waals surface area contributed by atoms with Crippen LogP contribution in [0.15, 0.2) is 61.2 Å². The summed E-state index contributed by atoms with van der Waals surface area (Å²) < 4.78 is 10.1. The number of ether oxygens (including phenoxy) is 2. The Bertz CT molecular complexity index is 1050. The van der Waals surface area contributed by atoms with Gasteiger partial charge in [0.15, 0.2) is 5.11 Å². The number of esters is 1. The number of anilines is 2. The molecule has 1 aliphatic rings. The Kier molecular flexibility index (Phi) is 7.78. The molecule has 1 heterocycles. The Labute approximate surface area is 197 Å². The third-order valence-corrected chi connectivity index (χ3v) is 5.45. The lowest BCUT2D eigenvalue weighted by atomic mass is 10.1. The second-order valence-electron chi connectivity index (χ2n) is 7.16. The van der Waals surface area contributed by atoms with Gasteiger partial charge in [0.1, 0.15) is 11.8 Å². The van der Waals surface area contributed by atoms with E-state index in [9.17, 15) is 14.4 Å². The van der Waals surface area contributed by atoms with E-state index in [0.29, 0.717) is 34.3 Å². The molecule has 0 saturated carbocycles. The molecule has 2 aromatic rings. The molecule has 0 bridgehead atoms. The molecule has 8 nitrogen and oxygen atoms in total. The number of rotatable bonds is 9. The Morgan fingerprint density at radius 1 is 1.15 bits per heavy atom. The zero-order valence-electron chi connectivity index (χ0n) is 18.4. The van der Waals surface area contributed by atoms with Gasteiger partial charge in [0.2, 0.25) is 5.91 Å². The van der Waals surface area contributed by atoms with E-state index in [1.165, 1.54) is 4.90 Å². The van der Waals surface area contributed by atoms with Gasteiger partial charge in [-0.05, 0) is 67.7 Å². The molecule has 0 aliphatic carbocycles. The number of nitrogens with one attached hydrogen (secondary N) is 1. The molecule has 2 amide bonds. The molecule has 0 radical (unpaired) electrons. The predicted octanol–water partition coefficient (Wildman–Crippen LogP) is 3.39. The van der Waals surface area contributed by atoms with Crippen molar-refractivity contribution < 1.29 is 23.9 Å². The van der Waals surface area contributed by atoms with E-state index in [4.69, 9.17) is 21.7 Å². The Balaban J connectivity index is 1.73. The average Bonchev–Trinajstić information content (AvgIpc) is 3.04. The monoisotopic (exact) mass is 467 g/mol. The molecule has 1 aliphatic heterocycles. The highest BCUT2D eigenvalue weighted by Crippen LogP contribution is 2.28. The van der Waals surface area contributed by atoms with Crippen molar-refractivity contribution in [2.24, 2.45) is 0 Å². The zero-order valence-corrected chi connectivity index (χ0v) is 19.3. The second-order valence-corrected chi connectivity index (χ2v) is 7.53. The van der Waals surface area contributed by atoms with Gasteiger partial charge in [0.05, 0.1) is 31.4 Å². The molecule has 3 rings (SSSR count). The summed E-state index contributed by atoms with van der Waals surface area (Å²) in [5, 5.41) is 3.07. The number of nitrogens with zero attached hydrogens (tertiary/aromatic N) is 2. The molecule has 1 saturated heterocycles. The average molecular weight is 468 g/mol. The van der Waals surface area contributed by atoms with E-state index >= 15 is 0 Å². The molecule has 1 fully saturated rings. The van der Waals surface area contributed by atoms with E-state index in [1.54, 1.807) is 73.5 Å².